The Hall–Kier alpha value is -2.57. The van der Waals surface area contributed by atoms with E-state index in [1.165, 1.54) is 0 Å². The summed E-state index contributed by atoms with van der Waals surface area (Å²) in [5.41, 5.74) is 3.16. The topological polar surface area (TPSA) is 70.7 Å². The zero-order chi connectivity index (χ0) is 20.0. The molecular weight excluding hydrogens is 366 g/mol. The predicted octanol–water partition coefficient (Wildman–Crippen LogP) is 3.47. The van der Waals surface area contributed by atoms with E-state index in [1.54, 1.807) is 49.4 Å². The fourth-order valence-electron chi connectivity index (χ4n) is 2.70. The monoisotopic (exact) mass is 389 g/mol. The van der Waals surface area contributed by atoms with Gasteiger partial charge in [0.15, 0.2) is 0 Å². The Morgan fingerprint density at radius 1 is 1.07 bits per heavy atom. The zero-order valence-corrected chi connectivity index (χ0v) is 16.7. The van der Waals surface area contributed by atoms with Gasteiger partial charge < -0.3 is 15.4 Å². The number of anilines is 2. The van der Waals surface area contributed by atoms with Crippen molar-refractivity contribution in [2.75, 3.05) is 37.9 Å². The number of benzene rings is 2. The smallest absolute Gasteiger partial charge is 0.238 e. The molecule has 6 nitrogen and oxygen atoms in total. The Morgan fingerprint density at radius 3 is 2.37 bits per heavy atom. The van der Waals surface area contributed by atoms with E-state index in [1.807, 2.05) is 19.9 Å². The molecule has 2 aromatic carbocycles. The van der Waals surface area contributed by atoms with E-state index in [-0.39, 0.29) is 24.9 Å². The summed E-state index contributed by atoms with van der Waals surface area (Å²) < 4.78 is 5.13. The number of nitrogens with one attached hydrogen (secondary N) is 2. The lowest BCUT2D eigenvalue weighted by Crippen LogP contribution is -2.36. The van der Waals surface area contributed by atoms with Crippen molar-refractivity contribution in [2.45, 2.75) is 13.8 Å². The van der Waals surface area contributed by atoms with Gasteiger partial charge in [-0.05, 0) is 50.2 Å². The Labute approximate surface area is 164 Å². The third-order valence-electron chi connectivity index (χ3n) is 3.88. The standard InChI is InChI=1S/C20H24ClN3O3/c1-13-8-14(2)20(17(21)9-13)23-19(26)12-24(3)11-18(25)22-15-6-5-7-16(10-15)27-4/h5-10H,11-12H2,1-4H3,(H,22,25)(H,23,26). The number of hydrogen-bond acceptors (Lipinski definition) is 4. The third kappa shape index (κ3) is 6.27. The van der Waals surface area contributed by atoms with Crippen LogP contribution in [0.3, 0.4) is 0 Å². The molecule has 0 unspecified atom stereocenters. The number of amides is 2. The molecule has 0 radical (unpaired) electrons. The largest absolute Gasteiger partial charge is 0.497 e. The van der Waals surface area contributed by atoms with Crippen LogP contribution in [0.1, 0.15) is 11.1 Å². The Bertz CT molecular complexity index is 816. The van der Waals surface area contributed by atoms with Crippen LogP contribution in [-0.2, 0) is 9.59 Å². The minimum atomic E-state index is -0.236. The van der Waals surface area contributed by atoms with E-state index in [0.29, 0.717) is 22.1 Å². The van der Waals surface area contributed by atoms with Crippen LogP contribution < -0.4 is 15.4 Å². The minimum Gasteiger partial charge on any atom is -0.497 e. The summed E-state index contributed by atoms with van der Waals surface area (Å²) >= 11 is 6.21. The molecule has 0 fully saturated rings. The lowest BCUT2D eigenvalue weighted by Gasteiger charge is -2.17. The highest BCUT2D eigenvalue weighted by Gasteiger charge is 2.14. The first-order valence-corrected chi connectivity index (χ1v) is 8.85. The van der Waals surface area contributed by atoms with Gasteiger partial charge in [0, 0.05) is 11.8 Å². The van der Waals surface area contributed by atoms with Crippen LogP contribution in [-0.4, -0.2) is 44.0 Å². The van der Waals surface area contributed by atoms with Crippen molar-refractivity contribution in [1.82, 2.24) is 4.90 Å². The van der Waals surface area contributed by atoms with Gasteiger partial charge >= 0.3 is 0 Å². The Kier molecular flexibility index (Phi) is 7.21. The van der Waals surface area contributed by atoms with E-state index in [4.69, 9.17) is 16.3 Å². The molecule has 2 N–H and O–H groups in total. The Balaban J connectivity index is 1.88. The second kappa shape index (κ2) is 9.39. The molecule has 2 rings (SSSR count). The van der Waals surface area contributed by atoms with Gasteiger partial charge in [0.25, 0.3) is 0 Å². The average Bonchev–Trinajstić information content (AvgIpc) is 2.57. The molecule has 0 aliphatic carbocycles. The number of ether oxygens (including phenoxy) is 1. The molecule has 0 saturated heterocycles. The van der Waals surface area contributed by atoms with Gasteiger partial charge in [-0.1, -0.05) is 23.7 Å². The average molecular weight is 390 g/mol. The maximum atomic E-state index is 12.3. The maximum absolute atomic E-state index is 12.3. The molecule has 0 bridgehead atoms. The molecule has 2 amide bonds. The van der Waals surface area contributed by atoms with Crippen LogP contribution in [0, 0.1) is 13.8 Å². The summed E-state index contributed by atoms with van der Waals surface area (Å²) in [4.78, 5) is 26.1. The normalized spacial score (nSPS) is 10.6. The van der Waals surface area contributed by atoms with Crippen LogP contribution in [0.2, 0.25) is 5.02 Å². The van der Waals surface area contributed by atoms with Crippen LogP contribution in [0.15, 0.2) is 36.4 Å². The predicted molar refractivity (Wildman–Crippen MR) is 109 cm³/mol. The molecular formula is C20H24ClN3O3. The van der Waals surface area contributed by atoms with Gasteiger partial charge in [0.2, 0.25) is 11.8 Å². The molecule has 0 spiro atoms. The molecule has 2 aromatic rings. The number of likely N-dealkylation sites (N-methyl/N-ethyl adjacent to an activating group) is 1. The van der Waals surface area contributed by atoms with Crippen molar-refractivity contribution in [2.24, 2.45) is 0 Å². The minimum absolute atomic E-state index is 0.0647. The van der Waals surface area contributed by atoms with Gasteiger partial charge in [0.05, 0.1) is 30.9 Å². The lowest BCUT2D eigenvalue weighted by atomic mass is 10.1. The van der Waals surface area contributed by atoms with Gasteiger partial charge in [0.1, 0.15) is 5.75 Å². The fraction of sp³-hybridized carbons (Fsp3) is 0.300. The summed E-state index contributed by atoms with van der Waals surface area (Å²) in [7, 11) is 3.27. The highest BCUT2D eigenvalue weighted by atomic mass is 35.5. The number of aryl methyl sites for hydroxylation is 2. The number of carbonyl (C=O) groups excluding carboxylic acids is 2. The molecule has 0 aromatic heterocycles. The summed E-state index contributed by atoms with van der Waals surface area (Å²) in [5.74, 6) is 0.203. The van der Waals surface area contributed by atoms with Crippen LogP contribution in [0.4, 0.5) is 11.4 Å². The maximum Gasteiger partial charge on any atom is 0.238 e. The summed E-state index contributed by atoms with van der Waals surface area (Å²) in [6, 6.07) is 10.8. The molecule has 0 saturated carbocycles. The first-order valence-electron chi connectivity index (χ1n) is 8.47. The van der Waals surface area contributed by atoms with E-state index >= 15 is 0 Å². The van der Waals surface area contributed by atoms with Gasteiger partial charge in [-0.3, -0.25) is 14.5 Å². The van der Waals surface area contributed by atoms with E-state index in [0.717, 1.165) is 11.1 Å². The first-order chi connectivity index (χ1) is 12.8. The van der Waals surface area contributed by atoms with Gasteiger partial charge in [-0.2, -0.15) is 0 Å². The fourth-order valence-corrected chi connectivity index (χ4v) is 3.07. The molecule has 27 heavy (non-hydrogen) atoms. The number of halogens is 1. The number of methoxy groups -OCH3 is 1. The van der Waals surface area contributed by atoms with Gasteiger partial charge in [-0.15, -0.1) is 0 Å². The van der Waals surface area contributed by atoms with Crippen molar-refractivity contribution in [3.05, 3.63) is 52.5 Å². The van der Waals surface area contributed by atoms with Crippen LogP contribution >= 0.6 is 11.6 Å². The quantitative estimate of drug-likeness (QED) is 0.760. The molecule has 0 aliphatic heterocycles. The number of rotatable bonds is 7. The number of nitrogens with zero attached hydrogens (tertiary/aromatic N) is 1. The highest BCUT2D eigenvalue weighted by molar-refractivity contribution is 6.34. The lowest BCUT2D eigenvalue weighted by molar-refractivity contribution is -0.119. The first kappa shape index (κ1) is 20.7. The molecule has 0 heterocycles. The molecule has 7 heteroatoms. The van der Waals surface area contributed by atoms with Crippen molar-refractivity contribution in [3.63, 3.8) is 0 Å². The van der Waals surface area contributed by atoms with E-state index in [2.05, 4.69) is 10.6 Å². The zero-order valence-electron chi connectivity index (χ0n) is 15.9. The SMILES string of the molecule is COc1cccc(NC(=O)CN(C)CC(=O)Nc2c(C)cc(C)cc2Cl)c1. The van der Waals surface area contributed by atoms with Gasteiger partial charge in [-0.25, -0.2) is 0 Å². The summed E-state index contributed by atoms with van der Waals surface area (Å²) in [6.07, 6.45) is 0. The second-order valence-electron chi connectivity index (χ2n) is 6.44. The van der Waals surface area contributed by atoms with E-state index in [9.17, 15) is 9.59 Å². The Morgan fingerprint density at radius 2 is 1.74 bits per heavy atom. The number of hydrogen-bond donors (Lipinski definition) is 2. The highest BCUT2D eigenvalue weighted by Crippen LogP contribution is 2.27. The molecule has 144 valence electrons. The third-order valence-corrected chi connectivity index (χ3v) is 4.17. The molecule has 0 aliphatic rings. The van der Waals surface area contributed by atoms with E-state index < -0.39 is 0 Å². The molecule has 0 atom stereocenters. The van der Waals surface area contributed by atoms with Crippen LogP contribution in [0.25, 0.3) is 0 Å². The summed E-state index contributed by atoms with van der Waals surface area (Å²) in [6.45, 7) is 3.97. The summed E-state index contributed by atoms with van der Waals surface area (Å²) in [5, 5.41) is 6.09. The van der Waals surface area contributed by atoms with Crippen molar-refractivity contribution in [1.29, 1.82) is 0 Å². The van der Waals surface area contributed by atoms with Crippen LogP contribution in [0.5, 0.6) is 5.75 Å². The number of carbonyl (C=O) groups is 2. The van der Waals surface area contributed by atoms with Crippen molar-refractivity contribution >= 4 is 34.8 Å². The van der Waals surface area contributed by atoms with Crippen molar-refractivity contribution in [3.8, 4) is 5.75 Å². The van der Waals surface area contributed by atoms with Crippen molar-refractivity contribution < 1.29 is 14.3 Å². The second-order valence-corrected chi connectivity index (χ2v) is 6.85.